The van der Waals surface area contributed by atoms with Crippen molar-refractivity contribution in [3.8, 4) is 0 Å². The van der Waals surface area contributed by atoms with Crippen molar-refractivity contribution in [2.75, 3.05) is 13.1 Å². The van der Waals surface area contributed by atoms with Gasteiger partial charge in [0.1, 0.15) is 0 Å². The van der Waals surface area contributed by atoms with Crippen LogP contribution in [0.3, 0.4) is 0 Å². The van der Waals surface area contributed by atoms with Crippen LogP contribution in [0.1, 0.15) is 6.42 Å². The number of carbonyl (C=O) groups is 1. The van der Waals surface area contributed by atoms with Gasteiger partial charge in [-0.1, -0.05) is 0 Å². The van der Waals surface area contributed by atoms with E-state index in [1.807, 2.05) is 0 Å². The lowest BCUT2D eigenvalue weighted by molar-refractivity contribution is 0.190. The number of carboxylic acid groups (broad SMARTS) is 1. The molecule has 76 valence electrons. The first-order valence-corrected chi connectivity index (χ1v) is 5.17. The Morgan fingerprint density at radius 2 is 2.23 bits per heavy atom. The van der Waals surface area contributed by atoms with Crippen LogP contribution in [0.5, 0.6) is 0 Å². The Kier molecular flexibility index (Phi) is 2.74. The van der Waals surface area contributed by atoms with Crippen molar-refractivity contribution in [3.63, 3.8) is 0 Å². The monoisotopic (exact) mass is 209 g/mol. The zero-order valence-electron chi connectivity index (χ0n) is 6.80. The Labute approximate surface area is 75.7 Å². The normalized spacial score (nSPS) is 24.5. The first-order chi connectivity index (χ1) is 5.89. The minimum Gasteiger partial charge on any atom is -0.465 e. The van der Waals surface area contributed by atoms with Crippen molar-refractivity contribution in [1.29, 1.82) is 0 Å². The van der Waals surface area contributed by atoms with Crippen LogP contribution in [0.25, 0.3) is 0 Å². The summed E-state index contributed by atoms with van der Waals surface area (Å²) >= 11 is 0. The molecule has 0 spiro atoms. The largest absolute Gasteiger partial charge is 0.465 e. The third-order valence-corrected chi connectivity index (χ3v) is 2.89. The molecule has 1 atom stereocenters. The Balaban J connectivity index is 2.50. The average molecular weight is 209 g/mol. The van der Waals surface area contributed by atoms with Gasteiger partial charge in [0.15, 0.2) is 0 Å². The van der Waals surface area contributed by atoms with Gasteiger partial charge < -0.3 is 10.4 Å². The summed E-state index contributed by atoms with van der Waals surface area (Å²) in [6.07, 6.45) is -0.691. The molecule has 1 rings (SSSR count). The molecular formula is C5H11N3O4S. The summed E-state index contributed by atoms with van der Waals surface area (Å²) in [6, 6.07) is -0.351. The van der Waals surface area contributed by atoms with E-state index in [0.29, 0.717) is 6.42 Å². The highest BCUT2D eigenvalue weighted by molar-refractivity contribution is 7.86. The highest BCUT2D eigenvalue weighted by Crippen LogP contribution is 2.10. The molecule has 13 heavy (non-hydrogen) atoms. The highest BCUT2D eigenvalue weighted by Gasteiger charge is 2.29. The van der Waals surface area contributed by atoms with Crippen LogP contribution in [0.15, 0.2) is 0 Å². The highest BCUT2D eigenvalue weighted by atomic mass is 32.2. The number of nitrogens with two attached hydrogens (primary N) is 1. The molecule has 1 fully saturated rings. The van der Waals surface area contributed by atoms with Crippen molar-refractivity contribution in [1.82, 2.24) is 9.62 Å². The smallest absolute Gasteiger partial charge is 0.404 e. The van der Waals surface area contributed by atoms with Crippen LogP contribution in [0.2, 0.25) is 0 Å². The van der Waals surface area contributed by atoms with Gasteiger partial charge in [0, 0.05) is 19.1 Å². The molecule has 0 aromatic carbocycles. The first-order valence-electron chi connectivity index (χ1n) is 3.67. The van der Waals surface area contributed by atoms with E-state index >= 15 is 0 Å². The van der Waals surface area contributed by atoms with E-state index in [1.165, 1.54) is 0 Å². The quantitative estimate of drug-likeness (QED) is 0.515. The Morgan fingerprint density at radius 1 is 1.62 bits per heavy atom. The summed E-state index contributed by atoms with van der Waals surface area (Å²) in [6.45, 7) is 0.384. The third kappa shape index (κ3) is 2.83. The third-order valence-electron chi connectivity index (χ3n) is 1.84. The van der Waals surface area contributed by atoms with Crippen LogP contribution in [0.4, 0.5) is 4.79 Å². The Bertz CT molecular complexity index is 301. The fourth-order valence-corrected chi connectivity index (χ4v) is 2.00. The minimum atomic E-state index is -3.67. The molecule has 0 radical (unpaired) electrons. The maximum absolute atomic E-state index is 10.8. The molecule has 0 bridgehead atoms. The molecule has 1 aliphatic heterocycles. The standard InChI is InChI=1S/C5H11N3O4S/c6-13(11,12)8-2-1-4(3-8)7-5(9)10/h4,7H,1-3H2,(H,9,10)(H2,6,11,12)/t4-/m1/s1. The predicted octanol–water partition coefficient (Wildman–Crippen LogP) is -1.47. The van der Waals surface area contributed by atoms with Gasteiger partial charge in [-0.15, -0.1) is 0 Å². The number of rotatable bonds is 2. The van der Waals surface area contributed by atoms with E-state index in [-0.39, 0.29) is 19.1 Å². The second-order valence-electron chi connectivity index (χ2n) is 2.84. The van der Waals surface area contributed by atoms with Gasteiger partial charge in [-0.25, -0.2) is 9.93 Å². The molecule has 0 aliphatic carbocycles. The van der Waals surface area contributed by atoms with Crippen molar-refractivity contribution >= 4 is 16.3 Å². The van der Waals surface area contributed by atoms with E-state index in [2.05, 4.69) is 5.32 Å². The molecule has 7 nitrogen and oxygen atoms in total. The van der Waals surface area contributed by atoms with Gasteiger partial charge in [0.05, 0.1) is 0 Å². The van der Waals surface area contributed by atoms with E-state index in [1.54, 1.807) is 0 Å². The summed E-state index contributed by atoms with van der Waals surface area (Å²) in [5.41, 5.74) is 0. The van der Waals surface area contributed by atoms with Gasteiger partial charge in [0.25, 0.3) is 10.2 Å². The Morgan fingerprint density at radius 3 is 2.62 bits per heavy atom. The first kappa shape index (κ1) is 10.2. The summed E-state index contributed by atoms with van der Waals surface area (Å²) in [5.74, 6) is 0. The van der Waals surface area contributed by atoms with Crippen LogP contribution >= 0.6 is 0 Å². The fourth-order valence-electron chi connectivity index (χ4n) is 1.25. The number of hydrogen-bond donors (Lipinski definition) is 3. The molecule has 0 aromatic rings. The second-order valence-corrected chi connectivity index (χ2v) is 4.38. The Hall–Kier alpha value is -0.860. The SMILES string of the molecule is NS(=O)(=O)N1CC[C@@H](NC(=O)O)C1. The molecule has 0 aromatic heterocycles. The summed E-state index contributed by atoms with van der Waals surface area (Å²) in [5, 5.41) is 15.4. The van der Waals surface area contributed by atoms with Crippen molar-refractivity contribution in [3.05, 3.63) is 0 Å². The predicted molar refractivity (Wildman–Crippen MR) is 44.2 cm³/mol. The van der Waals surface area contributed by atoms with Crippen LogP contribution < -0.4 is 10.5 Å². The number of amides is 1. The zero-order chi connectivity index (χ0) is 10.1. The van der Waals surface area contributed by atoms with E-state index < -0.39 is 16.3 Å². The molecule has 0 saturated carbocycles. The molecule has 1 aliphatic rings. The van der Waals surface area contributed by atoms with Crippen LogP contribution in [-0.2, 0) is 10.2 Å². The summed E-state index contributed by atoms with van der Waals surface area (Å²) in [7, 11) is -3.67. The summed E-state index contributed by atoms with van der Waals surface area (Å²) < 4.78 is 22.6. The molecular weight excluding hydrogens is 198 g/mol. The maximum atomic E-state index is 10.8. The van der Waals surface area contributed by atoms with Gasteiger partial charge in [-0.05, 0) is 6.42 Å². The van der Waals surface area contributed by atoms with Crippen molar-refractivity contribution < 1.29 is 18.3 Å². The molecule has 1 heterocycles. The molecule has 0 unspecified atom stereocenters. The van der Waals surface area contributed by atoms with Gasteiger partial charge in [-0.3, -0.25) is 0 Å². The lowest BCUT2D eigenvalue weighted by atomic mass is 10.3. The second kappa shape index (κ2) is 3.48. The van der Waals surface area contributed by atoms with Gasteiger partial charge in [0.2, 0.25) is 0 Å². The number of nitrogens with zero attached hydrogens (tertiary/aromatic N) is 1. The molecule has 8 heteroatoms. The molecule has 1 amide bonds. The lowest BCUT2D eigenvalue weighted by Crippen LogP contribution is -2.39. The molecule has 1 saturated heterocycles. The minimum absolute atomic E-state index is 0.116. The maximum Gasteiger partial charge on any atom is 0.404 e. The van der Waals surface area contributed by atoms with E-state index in [9.17, 15) is 13.2 Å². The van der Waals surface area contributed by atoms with E-state index in [0.717, 1.165) is 4.31 Å². The topological polar surface area (TPSA) is 113 Å². The van der Waals surface area contributed by atoms with Gasteiger partial charge in [-0.2, -0.15) is 12.7 Å². The van der Waals surface area contributed by atoms with Crippen LogP contribution in [0, 0.1) is 0 Å². The zero-order valence-corrected chi connectivity index (χ0v) is 7.62. The number of hydrogen-bond acceptors (Lipinski definition) is 3. The molecule has 4 N–H and O–H groups in total. The average Bonchev–Trinajstić information content (AvgIpc) is 2.32. The van der Waals surface area contributed by atoms with Gasteiger partial charge >= 0.3 is 6.09 Å². The van der Waals surface area contributed by atoms with Crippen molar-refractivity contribution in [2.24, 2.45) is 5.14 Å². The van der Waals surface area contributed by atoms with E-state index in [4.69, 9.17) is 10.2 Å². The number of nitrogens with one attached hydrogen (secondary N) is 1. The van der Waals surface area contributed by atoms with Crippen molar-refractivity contribution in [2.45, 2.75) is 12.5 Å². The lowest BCUT2D eigenvalue weighted by Gasteiger charge is -2.12. The van der Waals surface area contributed by atoms with Crippen LogP contribution in [-0.4, -0.2) is 43.1 Å². The fraction of sp³-hybridized carbons (Fsp3) is 0.800. The summed E-state index contributed by atoms with van der Waals surface area (Å²) in [4.78, 5) is 10.2.